The van der Waals surface area contributed by atoms with Crippen molar-refractivity contribution in [2.24, 2.45) is 40.4 Å². The van der Waals surface area contributed by atoms with Gasteiger partial charge in [-0.15, -0.1) is 0 Å². The van der Waals surface area contributed by atoms with E-state index >= 15 is 0 Å². The van der Waals surface area contributed by atoms with E-state index in [-0.39, 0.29) is 87.9 Å². The van der Waals surface area contributed by atoms with Gasteiger partial charge in [-0.25, -0.2) is 9.59 Å². The highest BCUT2D eigenvalue weighted by atomic mass is 16.6. The topological polar surface area (TPSA) is 211 Å². The molecule has 1 aliphatic heterocycles. The number of carbonyl (C=O) groups excluding carboxylic acids is 6. The normalized spacial score (nSPS) is 29.2. The number of likely N-dealkylation sites (tertiary alicyclic amines) is 1. The van der Waals surface area contributed by atoms with Crippen LogP contribution in [0.5, 0.6) is 0 Å². The Morgan fingerprint density at radius 3 is 1.58 bits per heavy atom. The third-order valence-corrected chi connectivity index (χ3v) is 19.1. The van der Waals surface area contributed by atoms with Crippen LogP contribution in [0.15, 0.2) is 158 Å². The molecule has 4 unspecified atom stereocenters. The van der Waals surface area contributed by atoms with Crippen molar-refractivity contribution in [3.05, 3.63) is 191 Å². The van der Waals surface area contributed by atoms with Gasteiger partial charge in [0.05, 0.1) is 69.4 Å². The van der Waals surface area contributed by atoms with E-state index in [2.05, 4.69) is 33.1 Å². The van der Waals surface area contributed by atoms with Crippen molar-refractivity contribution in [1.29, 1.82) is 0 Å². The smallest absolute Gasteiger partial charge is 0.340 e. The molecule has 5 aliphatic carbocycles. The van der Waals surface area contributed by atoms with E-state index in [0.717, 1.165) is 0 Å². The number of hydrogen-bond acceptors (Lipinski definition) is 12. The van der Waals surface area contributed by atoms with Gasteiger partial charge in [-0.1, -0.05) is 91.9 Å². The van der Waals surface area contributed by atoms with Gasteiger partial charge in [0.25, 0.3) is 23.6 Å². The summed E-state index contributed by atoms with van der Waals surface area (Å²) >= 11 is 0. The van der Waals surface area contributed by atoms with Crippen LogP contribution in [0.2, 0.25) is 0 Å². The second-order valence-corrected chi connectivity index (χ2v) is 22.7. The Bertz CT molecular complexity index is 3430. The van der Waals surface area contributed by atoms with Gasteiger partial charge in [-0.3, -0.25) is 24.1 Å². The van der Waals surface area contributed by atoms with Crippen molar-refractivity contribution in [2.75, 3.05) is 55.2 Å². The molecule has 416 valence electrons. The van der Waals surface area contributed by atoms with E-state index in [4.69, 9.17) is 18.9 Å². The molecule has 0 aromatic heterocycles. The molecule has 81 heavy (non-hydrogen) atoms. The van der Waals surface area contributed by atoms with E-state index < -0.39 is 58.3 Å². The van der Waals surface area contributed by atoms with E-state index in [1.807, 2.05) is 12.1 Å². The van der Waals surface area contributed by atoms with Crippen LogP contribution in [0.25, 0.3) is 0 Å². The minimum absolute atomic E-state index is 0.0427. The van der Waals surface area contributed by atoms with Crippen LogP contribution < -0.4 is 21.3 Å². The van der Waals surface area contributed by atoms with Crippen molar-refractivity contribution in [3.63, 3.8) is 0 Å². The average molecular weight is 1090 g/mol. The molecule has 5 N–H and O–H groups in total. The third-order valence-electron chi connectivity index (χ3n) is 19.1. The number of ether oxygens (including phenoxy) is 4. The molecule has 6 aromatic carbocycles. The first-order valence-corrected chi connectivity index (χ1v) is 27.9. The summed E-state index contributed by atoms with van der Waals surface area (Å²) < 4.78 is 26.2. The van der Waals surface area contributed by atoms with Gasteiger partial charge in [-0.05, 0) is 117 Å². The number of anilines is 4. The Morgan fingerprint density at radius 2 is 1.06 bits per heavy atom. The third kappa shape index (κ3) is 8.99. The number of amides is 4. The molecule has 12 rings (SSSR count). The maximum atomic E-state index is 14.9. The van der Waals surface area contributed by atoms with E-state index in [0.29, 0.717) is 67.7 Å². The molecule has 7 bridgehead atoms. The van der Waals surface area contributed by atoms with Crippen molar-refractivity contribution >= 4 is 58.3 Å². The van der Waals surface area contributed by atoms with Gasteiger partial charge >= 0.3 is 11.9 Å². The number of rotatable bonds is 16. The van der Waals surface area contributed by atoms with Crippen molar-refractivity contribution in [2.45, 2.75) is 69.0 Å². The molecule has 16 nitrogen and oxygen atoms in total. The van der Waals surface area contributed by atoms with Gasteiger partial charge < -0.3 is 45.3 Å². The lowest BCUT2D eigenvalue weighted by Crippen LogP contribution is -2.76. The van der Waals surface area contributed by atoms with Gasteiger partial charge in [0, 0.05) is 72.9 Å². The molecule has 1 saturated heterocycles. The molecule has 12 atom stereocenters. The van der Waals surface area contributed by atoms with E-state index in [1.54, 1.807) is 160 Å². The Kier molecular flexibility index (Phi) is 14.2. The van der Waals surface area contributed by atoms with Crippen molar-refractivity contribution in [3.8, 4) is 0 Å². The molecular formula is C65H65N5O11. The molecule has 1 spiro atoms. The fraction of sp³-hybridized carbons (Fsp3) is 0.354. The second-order valence-electron chi connectivity index (χ2n) is 22.7. The number of benzene rings is 6. The van der Waals surface area contributed by atoms with E-state index in [1.165, 1.54) is 0 Å². The molecule has 4 amide bonds. The summed E-state index contributed by atoms with van der Waals surface area (Å²) in [6.45, 7) is 3.55. The van der Waals surface area contributed by atoms with Crippen LogP contribution in [0.1, 0.15) is 101 Å². The van der Waals surface area contributed by atoms with Crippen LogP contribution in [-0.4, -0.2) is 109 Å². The number of piperidine rings is 1. The number of aliphatic hydroxyl groups is 1. The van der Waals surface area contributed by atoms with Gasteiger partial charge in [0.1, 0.15) is 6.10 Å². The highest BCUT2D eigenvalue weighted by Gasteiger charge is 2.84. The first-order chi connectivity index (χ1) is 39.3. The standard InChI is InChI=1S/C65H65N5O11/c1-4-70-36-63(37-80-61(75)42-25-13-17-29-49(42)68-59(73)40-23-11-15-27-47(40)66-57(71)38-19-7-5-8-20-38)32-31-53(79-3)65-45-33-44-51(78-2)35-64(77,46(56(65)70)34-52(63)65)54(45)55(44)81-62(76)43-26-14-18-30-50(43)69-60(74)41-24-12-16-28-48(41)67-58(72)39-21-9-6-10-22-39/h5-30,44-46,51-56,77H,4,31-37H2,1-3H3,(H,66,71)(H,67,72)(H,68,73)(H,69,74)/t44?,45-,46?,51+,52-,53+,54-,55+,56?,63+,64+,65?/m1/s1. The Labute approximate surface area is 469 Å². The zero-order valence-electron chi connectivity index (χ0n) is 45.3. The molecule has 6 aromatic rings. The quantitative estimate of drug-likeness (QED) is 0.0574. The summed E-state index contributed by atoms with van der Waals surface area (Å²) in [4.78, 5) is 86.4. The number of fused-ring (bicyclic) bond motifs is 2. The van der Waals surface area contributed by atoms with Gasteiger partial charge in [0.15, 0.2) is 0 Å². The monoisotopic (exact) mass is 1090 g/mol. The number of hydrogen-bond donors (Lipinski definition) is 5. The Hall–Kier alpha value is -8.02. The number of nitrogens with zero attached hydrogens (tertiary/aromatic N) is 1. The maximum Gasteiger partial charge on any atom is 0.340 e. The summed E-state index contributed by atoms with van der Waals surface area (Å²) in [5.41, 5.74) is 0.286. The number of nitrogens with one attached hydrogen (secondary N) is 4. The largest absolute Gasteiger partial charge is 0.461 e. The fourth-order valence-electron chi connectivity index (χ4n) is 16.0. The zero-order chi connectivity index (χ0) is 56.2. The molecular weight excluding hydrogens is 1030 g/mol. The first-order valence-electron chi connectivity index (χ1n) is 27.9. The van der Waals surface area contributed by atoms with Crippen molar-refractivity contribution < 1.29 is 52.8 Å². The predicted octanol–water partition coefficient (Wildman–Crippen LogP) is 9.62. The predicted molar refractivity (Wildman–Crippen MR) is 303 cm³/mol. The molecule has 1 heterocycles. The summed E-state index contributed by atoms with van der Waals surface area (Å²) in [6.07, 6.45) is 1.62. The van der Waals surface area contributed by atoms with Gasteiger partial charge in [0.2, 0.25) is 0 Å². The van der Waals surface area contributed by atoms with Gasteiger partial charge in [-0.2, -0.15) is 0 Å². The lowest BCUT2D eigenvalue weighted by molar-refractivity contribution is -0.275. The fourth-order valence-corrected chi connectivity index (χ4v) is 16.0. The highest BCUT2D eigenvalue weighted by molar-refractivity contribution is 6.15. The Morgan fingerprint density at radius 1 is 0.580 bits per heavy atom. The molecule has 16 heteroatoms. The highest BCUT2D eigenvalue weighted by Crippen LogP contribution is 2.79. The minimum Gasteiger partial charge on any atom is -0.461 e. The minimum atomic E-state index is -1.31. The Balaban J connectivity index is 0.803. The van der Waals surface area contributed by atoms with Crippen molar-refractivity contribution in [1.82, 2.24) is 4.90 Å². The number of carbonyl (C=O) groups is 6. The summed E-state index contributed by atoms with van der Waals surface area (Å²) in [6, 6.07) is 44.1. The summed E-state index contributed by atoms with van der Waals surface area (Å²) in [5.74, 6) is -4.30. The first kappa shape index (κ1) is 53.6. The lowest BCUT2D eigenvalue weighted by atomic mass is 9.43. The number of methoxy groups -OCH3 is 2. The zero-order valence-corrected chi connectivity index (χ0v) is 45.3. The van der Waals surface area contributed by atoms with Crippen LogP contribution in [0.3, 0.4) is 0 Å². The lowest BCUT2D eigenvalue weighted by Gasteiger charge is -2.69. The van der Waals surface area contributed by atoms with Crippen LogP contribution >= 0.6 is 0 Å². The summed E-state index contributed by atoms with van der Waals surface area (Å²) in [7, 11) is 3.42. The summed E-state index contributed by atoms with van der Waals surface area (Å²) in [5, 5.41) is 25.2. The molecule has 6 aliphatic rings. The maximum absolute atomic E-state index is 14.9. The number of para-hydroxylation sites is 4. The van der Waals surface area contributed by atoms with Crippen LogP contribution in [-0.2, 0) is 18.9 Å². The average Bonchev–Trinajstić information content (AvgIpc) is 2.16. The number of esters is 2. The molecule has 0 radical (unpaired) electrons. The van der Waals surface area contributed by atoms with Crippen LogP contribution in [0.4, 0.5) is 22.7 Å². The molecule has 6 fully saturated rings. The van der Waals surface area contributed by atoms with E-state index in [9.17, 15) is 33.9 Å². The second kappa shape index (κ2) is 21.5. The molecule has 5 saturated carbocycles. The van der Waals surface area contributed by atoms with Crippen LogP contribution in [0, 0.1) is 40.4 Å². The SMILES string of the molecule is CCN1C[C@]2(COC(=O)c3ccccc3NC(=O)c3ccccc3NC(=O)c3ccccc3)CC[C@H](OC)C34C1C(C[C@@H]32)[C@@]1(O)C[C@H](OC)C2C[C@@H]4[C@@H]1[C@H]2OC(=O)c1ccccc1NC(=O)c1ccccc1NC(=O)c1ccccc1.